The van der Waals surface area contributed by atoms with Gasteiger partial charge in [0.1, 0.15) is 12.4 Å². The Hall–Kier alpha value is -1.72. The number of carboxylic acids is 1. The molecule has 0 spiro atoms. The quantitative estimate of drug-likeness (QED) is 0.813. The number of nitrogen functional groups attached to an aromatic ring is 1. The Kier molecular flexibility index (Phi) is 4.52. The topological polar surface area (TPSA) is 72.5 Å². The van der Waals surface area contributed by atoms with Crippen molar-refractivity contribution in [2.75, 3.05) is 5.73 Å². The van der Waals surface area contributed by atoms with Crippen molar-refractivity contribution in [3.63, 3.8) is 0 Å². The summed E-state index contributed by atoms with van der Waals surface area (Å²) < 4.78 is 6.42. The molecule has 0 aliphatic rings. The van der Waals surface area contributed by atoms with E-state index in [1.165, 1.54) is 12.1 Å². The number of hydrogen-bond donors (Lipinski definition) is 2. The van der Waals surface area contributed by atoms with Crippen molar-refractivity contribution in [3.05, 3.63) is 57.0 Å². The number of carbonyl (C=O) groups is 1. The molecule has 2 aromatic carbocycles. The molecule has 0 aliphatic heterocycles. The summed E-state index contributed by atoms with van der Waals surface area (Å²) in [5, 5.41) is 9.57. The van der Waals surface area contributed by atoms with Crippen LogP contribution < -0.4 is 10.5 Å². The third-order valence-electron chi connectivity index (χ3n) is 2.66. The second-order valence-corrected chi connectivity index (χ2v) is 5.40. The zero-order valence-electron chi connectivity index (χ0n) is 10.3. The minimum Gasteiger partial charge on any atom is -0.489 e. The van der Waals surface area contributed by atoms with Crippen LogP contribution in [0.3, 0.4) is 0 Å². The minimum atomic E-state index is -1.09. The van der Waals surface area contributed by atoms with E-state index >= 15 is 0 Å². The lowest BCUT2D eigenvalue weighted by molar-refractivity contribution is 0.0697. The summed E-state index contributed by atoms with van der Waals surface area (Å²) in [6.45, 7) is 0.245. The summed E-state index contributed by atoms with van der Waals surface area (Å²) in [7, 11) is 0. The first-order chi connectivity index (χ1) is 9.47. The van der Waals surface area contributed by atoms with Crippen LogP contribution in [0.15, 0.2) is 40.9 Å². The molecule has 0 aromatic heterocycles. The van der Waals surface area contributed by atoms with E-state index in [4.69, 9.17) is 27.2 Å². The highest BCUT2D eigenvalue weighted by Gasteiger charge is 2.10. The first kappa shape index (κ1) is 14.7. The molecular weight excluding hydrogens is 346 g/mol. The highest BCUT2D eigenvalue weighted by atomic mass is 79.9. The molecule has 0 saturated carbocycles. The van der Waals surface area contributed by atoms with E-state index in [-0.39, 0.29) is 17.9 Å². The molecular formula is C14H11BrClNO3. The van der Waals surface area contributed by atoms with Crippen LogP contribution in [0.25, 0.3) is 0 Å². The van der Waals surface area contributed by atoms with Crippen LogP contribution >= 0.6 is 27.5 Å². The molecule has 0 aliphatic carbocycles. The van der Waals surface area contributed by atoms with Crippen molar-refractivity contribution in [2.45, 2.75) is 6.61 Å². The van der Waals surface area contributed by atoms with Crippen LogP contribution in [0.4, 0.5) is 5.69 Å². The zero-order valence-corrected chi connectivity index (χ0v) is 12.6. The van der Waals surface area contributed by atoms with Gasteiger partial charge < -0.3 is 15.6 Å². The summed E-state index contributed by atoms with van der Waals surface area (Å²) in [5.74, 6) is -0.662. The number of halogens is 2. The maximum Gasteiger partial charge on any atom is 0.337 e. The predicted molar refractivity (Wildman–Crippen MR) is 81.3 cm³/mol. The summed E-state index contributed by atoms with van der Waals surface area (Å²) in [4.78, 5) is 11.0. The molecule has 4 nitrogen and oxygen atoms in total. The van der Waals surface area contributed by atoms with Crippen LogP contribution in [0.5, 0.6) is 5.75 Å². The largest absolute Gasteiger partial charge is 0.489 e. The van der Waals surface area contributed by atoms with Crippen LogP contribution in [0.2, 0.25) is 5.02 Å². The summed E-state index contributed by atoms with van der Waals surface area (Å²) in [6, 6.07) is 9.98. The number of carboxylic acid groups (broad SMARTS) is 1. The summed E-state index contributed by atoms with van der Waals surface area (Å²) in [6.07, 6.45) is 0. The second-order valence-electron chi connectivity index (χ2n) is 4.08. The van der Waals surface area contributed by atoms with Gasteiger partial charge in [0.05, 0.1) is 5.56 Å². The van der Waals surface area contributed by atoms with Gasteiger partial charge in [-0.1, -0.05) is 33.6 Å². The van der Waals surface area contributed by atoms with E-state index in [0.717, 1.165) is 10.0 Å². The van der Waals surface area contributed by atoms with Gasteiger partial charge in [-0.3, -0.25) is 0 Å². The van der Waals surface area contributed by atoms with Crippen LogP contribution in [0.1, 0.15) is 15.9 Å². The Morgan fingerprint density at radius 2 is 2.05 bits per heavy atom. The third-order valence-corrected chi connectivity index (χ3v) is 3.51. The van der Waals surface area contributed by atoms with Crippen molar-refractivity contribution in [1.82, 2.24) is 0 Å². The number of benzene rings is 2. The molecule has 0 atom stereocenters. The third kappa shape index (κ3) is 3.43. The zero-order chi connectivity index (χ0) is 14.7. The Bertz CT molecular complexity index is 661. The maximum atomic E-state index is 11.0. The van der Waals surface area contributed by atoms with Crippen molar-refractivity contribution in [3.8, 4) is 5.75 Å². The van der Waals surface area contributed by atoms with Crippen molar-refractivity contribution < 1.29 is 14.6 Å². The monoisotopic (exact) mass is 355 g/mol. The van der Waals surface area contributed by atoms with E-state index in [1.54, 1.807) is 12.1 Å². The Balaban J connectivity index is 2.15. The molecule has 0 saturated heterocycles. The normalized spacial score (nSPS) is 10.3. The van der Waals surface area contributed by atoms with E-state index < -0.39 is 5.97 Å². The molecule has 3 N–H and O–H groups in total. The molecule has 0 unspecified atom stereocenters. The standard InChI is InChI=1S/C14H11BrClNO3/c15-9-2-1-8(12(16)5-9)7-20-10-3-4-13(17)11(6-10)14(18)19/h1-6H,7,17H2,(H,18,19). The van der Waals surface area contributed by atoms with Gasteiger partial charge in [0, 0.05) is 20.7 Å². The molecule has 104 valence electrons. The van der Waals surface area contributed by atoms with Gasteiger partial charge in [0.15, 0.2) is 0 Å². The Labute approximate surface area is 129 Å². The fourth-order valence-corrected chi connectivity index (χ4v) is 2.34. The predicted octanol–water partition coefficient (Wildman–Crippen LogP) is 3.96. The first-order valence-electron chi connectivity index (χ1n) is 5.67. The van der Waals surface area contributed by atoms with Gasteiger partial charge in [-0.2, -0.15) is 0 Å². The smallest absolute Gasteiger partial charge is 0.337 e. The Morgan fingerprint density at radius 3 is 2.70 bits per heavy atom. The van der Waals surface area contributed by atoms with Gasteiger partial charge in [-0.05, 0) is 30.3 Å². The summed E-state index contributed by atoms with van der Waals surface area (Å²) in [5.41, 5.74) is 6.60. The number of rotatable bonds is 4. The molecule has 0 radical (unpaired) electrons. The number of hydrogen-bond acceptors (Lipinski definition) is 3. The average Bonchev–Trinajstić information content (AvgIpc) is 2.39. The average molecular weight is 357 g/mol. The maximum absolute atomic E-state index is 11.0. The number of nitrogens with two attached hydrogens (primary N) is 1. The molecule has 2 aromatic rings. The lowest BCUT2D eigenvalue weighted by Gasteiger charge is -2.09. The fourth-order valence-electron chi connectivity index (χ4n) is 1.61. The van der Waals surface area contributed by atoms with Gasteiger partial charge in [-0.15, -0.1) is 0 Å². The number of ether oxygens (including phenoxy) is 1. The van der Waals surface area contributed by atoms with E-state index in [2.05, 4.69) is 15.9 Å². The highest BCUT2D eigenvalue weighted by molar-refractivity contribution is 9.10. The number of aromatic carboxylic acids is 1. The molecule has 0 bridgehead atoms. The summed E-state index contributed by atoms with van der Waals surface area (Å²) >= 11 is 9.40. The SMILES string of the molecule is Nc1ccc(OCc2ccc(Br)cc2Cl)cc1C(=O)O. The lowest BCUT2D eigenvalue weighted by Crippen LogP contribution is -2.03. The molecule has 0 fully saturated rings. The van der Waals surface area contributed by atoms with Crippen molar-refractivity contribution >= 4 is 39.2 Å². The molecule has 6 heteroatoms. The molecule has 0 heterocycles. The lowest BCUT2D eigenvalue weighted by atomic mass is 10.1. The van der Waals surface area contributed by atoms with Gasteiger partial charge in [-0.25, -0.2) is 4.79 Å². The number of anilines is 1. The highest BCUT2D eigenvalue weighted by Crippen LogP contribution is 2.24. The fraction of sp³-hybridized carbons (Fsp3) is 0.0714. The van der Waals surface area contributed by atoms with E-state index in [0.29, 0.717) is 10.8 Å². The molecule has 0 amide bonds. The van der Waals surface area contributed by atoms with Crippen LogP contribution in [0, 0.1) is 0 Å². The van der Waals surface area contributed by atoms with E-state index in [9.17, 15) is 4.79 Å². The minimum absolute atomic E-state index is 0.0180. The van der Waals surface area contributed by atoms with Crippen LogP contribution in [-0.4, -0.2) is 11.1 Å². The van der Waals surface area contributed by atoms with Gasteiger partial charge >= 0.3 is 5.97 Å². The molecule has 20 heavy (non-hydrogen) atoms. The van der Waals surface area contributed by atoms with Gasteiger partial charge in [0.25, 0.3) is 0 Å². The van der Waals surface area contributed by atoms with Crippen molar-refractivity contribution in [2.24, 2.45) is 0 Å². The van der Waals surface area contributed by atoms with E-state index in [1.807, 2.05) is 12.1 Å². The second kappa shape index (κ2) is 6.15. The van der Waals surface area contributed by atoms with Crippen LogP contribution in [-0.2, 0) is 6.61 Å². The van der Waals surface area contributed by atoms with Gasteiger partial charge in [0.2, 0.25) is 0 Å². The molecule has 2 rings (SSSR count). The Morgan fingerprint density at radius 1 is 1.30 bits per heavy atom. The first-order valence-corrected chi connectivity index (χ1v) is 6.84. The van der Waals surface area contributed by atoms with Crippen molar-refractivity contribution in [1.29, 1.82) is 0 Å².